The van der Waals surface area contributed by atoms with Crippen LogP contribution in [0.15, 0.2) is 0 Å². The molecular weight excluding hydrogens is 226 g/mol. The Morgan fingerprint density at radius 1 is 1.56 bits per heavy atom. The fourth-order valence-corrected chi connectivity index (χ4v) is 2.02. The van der Waals surface area contributed by atoms with Crippen molar-refractivity contribution in [3.8, 4) is 0 Å². The van der Waals surface area contributed by atoms with Gasteiger partial charge in [0, 0.05) is 19.6 Å². The molecule has 0 saturated carbocycles. The van der Waals surface area contributed by atoms with Gasteiger partial charge in [-0.05, 0) is 20.8 Å². The zero-order valence-corrected chi connectivity index (χ0v) is 10.8. The lowest BCUT2D eigenvalue weighted by atomic mass is 10.0. The number of aromatic nitrogens is 2. The number of rotatable bonds is 4. The van der Waals surface area contributed by atoms with E-state index in [0.717, 1.165) is 36.0 Å². The van der Waals surface area contributed by atoms with Gasteiger partial charge in [-0.15, -0.1) is 0 Å². The normalized spacial score (nSPS) is 18.5. The maximum Gasteiger partial charge on any atom is 0.0908 e. The van der Waals surface area contributed by atoms with E-state index in [1.165, 1.54) is 0 Å². The number of hydrogen-bond acceptors (Lipinski definition) is 3. The summed E-state index contributed by atoms with van der Waals surface area (Å²) in [5.74, 6) is 0. The quantitative estimate of drug-likeness (QED) is 0.876. The Kier molecular flexibility index (Phi) is 3.24. The molecule has 0 amide bonds. The van der Waals surface area contributed by atoms with Crippen LogP contribution in [0.25, 0.3) is 0 Å². The average molecular weight is 244 g/mol. The van der Waals surface area contributed by atoms with Gasteiger partial charge in [0.2, 0.25) is 0 Å². The second-order valence-corrected chi connectivity index (χ2v) is 4.88. The molecule has 16 heavy (non-hydrogen) atoms. The highest BCUT2D eigenvalue weighted by Gasteiger charge is 2.33. The van der Waals surface area contributed by atoms with Crippen LogP contribution in [0, 0.1) is 6.92 Å². The summed E-state index contributed by atoms with van der Waals surface area (Å²) in [4.78, 5) is 0. The number of nitrogens with one attached hydrogen (secondary N) is 1. The second kappa shape index (κ2) is 4.35. The number of ether oxygens (including phenoxy) is 1. The van der Waals surface area contributed by atoms with Crippen molar-refractivity contribution in [1.29, 1.82) is 0 Å². The van der Waals surface area contributed by atoms with Crippen LogP contribution in [0.4, 0.5) is 0 Å². The molecule has 1 aliphatic heterocycles. The lowest BCUT2D eigenvalue weighted by Crippen LogP contribution is -2.58. The van der Waals surface area contributed by atoms with E-state index in [2.05, 4.69) is 24.3 Å². The van der Waals surface area contributed by atoms with Crippen molar-refractivity contribution < 1.29 is 4.74 Å². The highest BCUT2D eigenvalue weighted by molar-refractivity contribution is 6.31. The first-order valence-electron chi connectivity index (χ1n) is 5.62. The molecule has 0 spiro atoms. The van der Waals surface area contributed by atoms with Crippen molar-refractivity contribution in [1.82, 2.24) is 15.1 Å². The molecule has 1 saturated heterocycles. The van der Waals surface area contributed by atoms with E-state index in [4.69, 9.17) is 16.3 Å². The summed E-state index contributed by atoms with van der Waals surface area (Å²) in [6, 6.07) is 0. The van der Waals surface area contributed by atoms with E-state index in [9.17, 15) is 0 Å². The molecule has 1 fully saturated rings. The van der Waals surface area contributed by atoms with Gasteiger partial charge in [-0.25, -0.2) is 0 Å². The van der Waals surface area contributed by atoms with E-state index in [1.807, 2.05) is 11.6 Å². The second-order valence-electron chi connectivity index (χ2n) is 4.50. The van der Waals surface area contributed by atoms with Crippen molar-refractivity contribution in [3.05, 3.63) is 16.4 Å². The molecule has 2 heterocycles. The van der Waals surface area contributed by atoms with Gasteiger partial charge in [0.1, 0.15) is 0 Å². The van der Waals surface area contributed by atoms with Gasteiger partial charge in [-0.1, -0.05) is 11.6 Å². The molecule has 90 valence electrons. The van der Waals surface area contributed by atoms with Crippen LogP contribution in [-0.4, -0.2) is 28.5 Å². The number of halogens is 1. The van der Waals surface area contributed by atoms with E-state index < -0.39 is 0 Å². The van der Waals surface area contributed by atoms with Gasteiger partial charge in [0.25, 0.3) is 0 Å². The molecule has 4 nitrogen and oxygen atoms in total. The van der Waals surface area contributed by atoms with Gasteiger partial charge in [-0.2, -0.15) is 5.10 Å². The Balaban J connectivity index is 2.08. The summed E-state index contributed by atoms with van der Waals surface area (Å²) in [6.07, 6.45) is 0. The first-order chi connectivity index (χ1) is 7.56. The van der Waals surface area contributed by atoms with Crippen LogP contribution in [0.1, 0.15) is 25.2 Å². The van der Waals surface area contributed by atoms with Gasteiger partial charge in [0.05, 0.1) is 28.6 Å². The summed E-state index contributed by atoms with van der Waals surface area (Å²) >= 11 is 6.20. The topological polar surface area (TPSA) is 39.1 Å². The summed E-state index contributed by atoms with van der Waals surface area (Å²) in [6.45, 7) is 9.25. The third kappa shape index (κ3) is 2.10. The molecule has 5 heteroatoms. The maximum atomic E-state index is 6.20. The van der Waals surface area contributed by atoms with E-state index in [-0.39, 0.29) is 5.60 Å². The molecule has 1 aliphatic rings. The molecule has 0 radical (unpaired) electrons. The minimum absolute atomic E-state index is 0.0416. The fraction of sp³-hybridized carbons (Fsp3) is 0.727. The largest absolute Gasteiger partial charge is 0.366 e. The molecule has 1 aromatic heterocycles. The number of aryl methyl sites for hydroxylation is 2. The molecule has 0 bridgehead atoms. The van der Waals surface area contributed by atoms with Gasteiger partial charge in [-0.3, -0.25) is 4.68 Å². The summed E-state index contributed by atoms with van der Waals surface area (Å²) in [5, 5.41) is 8.30. The third-order valence-electron chi connectivity index (χ3n) is 3.01. The molecule has 2 rings (SSSR count). The fourth-order valence-electron chi connectivity index (χ4n) is 1.83. The standard InChI is InChI=1S/C11H18ClN3O/c1-4-15-9(10(12)8(2)14-15)5-16-11(3)6-13-7-11/h13H,4-7H2,1-3H3. The molecular formula is C11H18ClN3O. The highest BCUT2D eigenvalue weighted by atomic mass is 35.5. The number of nitrogens with zero attached hydrogens (tertiary/aromatic N) is 2. The summed E-state index contributed by atoms with van der Waals surface area (Å²) < 4.78 is 7.79. The highest BCUT2D eigenvalue weighted by Crippen LogP contribution is 2.24. The van der Waals surface area contributed by atoms with Gasteiger partial charge in [0.15, 0.2) is 0 Å². The zero-order valence-electron chi connectivity index (χ0n) is 10.0. The Labute approximate surface area is 101 Å². The number of hydrogen-bond donors (Lipinski definition) is 1. The van der Waals surface area contributed by atoms with Crippen molar-refractivity contribution in [2.45, 2.75) is 39.5 Å². The molecule has 1 aromatic rings. The Hall–Kier alpha value is -0.580. The predicted octanol–water partition coefficient (Wildman–Crippen LogP) is 1.74. The summed E-state index contributed by atoms with van der Waals surface area (Å²) in [5.41, 5.74) is 1.81. The first kappa shape index (κ1) is 11.9. The van der Waals surface area contributed by atoms with E-state index >= 15 is 0 Å². The smallest absolute Gasteiger partial charge is 0.0908 e. The monoisotopic (exact) mass is 243 g/mol. The molecule has 0 atom stereocenters. The molecule has 0 aromatic carbocycles. The van der Waals surface area contributed by atoms with Crippen LogP contribution in [0.5, 0.6) is 0 Å². The first-order valence-corrected chi connectivity index (χ1v) is 6.00. The SMILES string of the molecule is CCn1nc(C)c(Cl)c1COC1(C)CNC1. The van der Waals surface area contributed by atoms with Crippen LogP contribution in [-0.2, 0) is 17.9 Å². The average Bonchev–Trinajstić information content (AvgIpc) is 2.50. The van der Waals surface area contributed by atoms with Gasteiger partial charge >= 0.3 is 0 Å². The zero-order chi connectivity index (χ0) is 11.8. The van der Waals surface area contributed by atoms with Crippen molar-refractivity contribution >= 4 is 11.6 Å². The van der Waals surface area contributed by atoms with Crippen LogP contribution >= 0.6 is 11.6 Å². The lowest BCUT2D eigenvalue weighted by molar-refractivity contribution is -0.0787. The lowest BCUT2D eigenvalue weighted by Gasteiger charge is -2.39. The van der Waals surface area contributed by atoms with E-state index in [0.29, 0.717) is 6.61 Å². The van der Waals surface area contributed by atoms with Gasteiger partial charge < -0.3 is 10.1 Å². The van der Waals surface area contributed by atoms with Crippen LogP contribution in [0.3, 0.4) is 0 Å². The molecule has 1 N–H and O–H groups in total. The van der Waals surface area contributed by atoms with Crippen molar-refractivity contribution in [3.63, 3.8) is 0 Å². The molecule has 0 unspecified atom stereocenters. The van der Waals surface area contributed by atoms with Crippen molar-refractivity contribution in [2.75, 3.05) is 13.1 Å². The minimum atomic E-state index is -0.0416. The van der Waals surface area contributed by atoms with Crippen LogP contribution in [0.2, 0.25) is 5.02 Å². The maximum absolute atomic E-state index is 6.20. The minimum Gasteiger partial charge on any atom is -0.366 e. The predicted molar refractivity (Wildman–Crippen MR) is 63.7 cm³/mol. The van der Waals surface area contributed by atoms with E-state index in [1.54, 1.807) is 0 Å². The van der Waals surface area contributed by atoms with Crippen LogP contribution < -0.4 is 5.32 Å². The molecule has 0 aliphatic carbocycles. The Morgan fingerprint density at radius 2 is 2.25 bits per heavy atom. The van der Waals surface area contributed by atoms with Crippen molar-refractivity contribution in [2.24, 2.45) is 0 Å². The Bertz CT molecular complexity index is 385. The Morgan fingerprint density at radius 3 is 2.75 bits per heavy atom. The third-order valence-corrected chi connectivity index (χ3v) is 3.50. The summed E-state index contributed by atoms with van der Waals surface area (Å²) in [7, 11) is 0.